The zero-order chi connectivity index (χ0) is 29.6. The van der Waals surface area contributed by atoms with Crippen LogP contribution in [0.4, 0.5) is 13.6 Å². The van der Waals surface area contributed by atoms with E-state index in [1.54, 1.807) is 15.6 Å². The topological polar surface area (TPSA) is 90.3 Å². The summed E-state index contributed by atoms with van der Waals surface area (Å²) in [5.74, 6) is -2.63. The molecule has 8 rings (SSSR count). The lowest BCUT2D eigenvalue weighted by atomic mass is 9.71. The second-order valence-electron chi connectivity index (χ2n) is 11.6. The van der Waals surface area contributed by atoms with Gasteiger partial charge >= 0.3 is 6.16 Å². The van der Waals surface area contributed by atoms with Crippen molar-refractivity contribution in [2.45, 2.75) is 60.2 Å². The predicted octanol–water partition coefficient (Wildman–Crippen LogP) is 4.73. The Hall–Kier alpha value is -3.90. The molecule has 2 aromatic carbocycles. The Morgan fingerprint density at radius 2 is 1.93 bits per heavy atom. The van der Waals surface area contributed by atoms with E-state index in [-0.39, 0.29) is 29.0 Å². The maximum atomic E-state index is 15.5. The number of methoxy groups -OCH3 is 1. The van der Waals surface area contributed by atoms with Gasteiger partial charge in [0, 0.05) is 40.9 Å². The molecule has 43 heavy (non-hydrogen) atoms. The number of ether oxygens (including phenoxy) is 3. The SMILES string of the molecule is COC(=O)Oc1c2n(ccc1=O)N([C@@H]1c3ccccc3SCc3c1ccc(F)c3F)[C@@H]1[C@H]3C[C@@H]4CC[C@@]3(CCN1C2=O)O4. The minimum atomic E-state index is -1.13. The second kappa shape index (κ2) is 9.55. The summed E-state index contributed by atoms with van der Waals surface area (Å²) in [6, 6.07) is 11.0. The van der Waals surface area contributed by atoms with Crippen molar-refractivity contribution in [1.29, 1.82) is 0 Å². The number of aromatic nitrogens is 1. The van der Waals surface area contributed by atoms with Crippen LogP contribution in [-0.4, -0.2) is 53.2 Å². The lowest BCUT2D eigenvalue weighted by molar-refractivity contribution is -0.0756. The number of pyridine rings is 1. The largest absolute Gasteiger partial charge is 0.513 e. The first-order valence-electron chi connectivity index (χ1n) is 14.3. The highest BCUT2D eigenvalue weighted by Gasteiger charge is 2.63. The van der Waals surface area contributed by atoms with Crippen molar-refractivity contribution in [3.8, 4) is 5.75 Å². The fourth-order valence-corrected chi connectivity index (χ4v) is 8.99. The van der Waals surface area contributed by atoms with Crippen molar-refractivity contribution < 1.29 is 32.6 Å². The molecule has 0 unspecified atom stereocenters. The second-order valence-corrected chi connectivity index (χ2v) is 12.7. The van der Waals surface area contributed by atoms with E-state index >= 15 is 4.39 Å². The number of carbonyl (C=O) groups excluding carboxylic acids is 2. The van der Waals surface area contributed by atoms with Crippen LogP contribution in [0.25, 0.3) is 0 Å². The van der Waals surface area contributed by atoms with Crippen molar-refractivity contribution >= 4 is 23.8 Å². The van der Waals surface area contributed by atoms with E-state index in [4.69, 9.17) is 9.47 Å². The van der Waals surface area contributed by atoms with E-state index in [1.807, 2.05) is 29.3 Å². The van der Waals surface area contributed by atoms with E-state index < -0.39 is 52.7 Å². The molecule has 0 aliphatic carbocycles. The van der Waals surface area contributed by atoms with Crippen LogP contribution in [0.2, 0.25) is 0 Å². The molecule has 1 aromatic heterocycles. The fourth-order valence-electron chi connectivity index (χ4n) is 7.87. The average Bonchev–Trinajstić information content (AvgIpc) is 3.55. The summed E-state index contributed by atoms with van der Waals surface area (Å²) in [5.41, 5.74) is 0.420. The number of amides is 1. The van der Waals surface area contributed by atoms with Crippen molar-refractivity contribution in [1.82, 2.24) is 9.58 Å². The smallest absolute Gasteiger partial charge is 0.437 e. The molecule has 1 spiro atoms. The molecule has 3 saturated heterocycles. The monoisotopic (exact) mass is 607 g/mol. The number of rotatable bonds is 2. The van der Waals surface area contributed by atoms with E-state index in [1.165, 1.54) is 24.0 Å². The number of nitrogens with zero attached hydrogens (tertiary/aromatic N) is 3. The van der Waals surface area contributed by atoms with Crippen LogP contribution >= 0.6 is 11.8 Å². The lowest BCUT2D eigenvalue weighted by Crippen LogP contribution is -2.70. The molecule has 0 radical (unpaired) electrons. The molecule has 222 valence electrons. The van der Waals surface area contributed by atoms with E-state index in [0.29, 0.717) is 18.5 Å². The van der Waals surface area contributed by atoms with E-state index in [9.17, 15) is 18.8 Å². The minimum Gasteiger partial charge on any atom is -0.437 e. The first kappa shape index (κ1) is 26.7. The Labute approximate surface area is 249 Å². The number of piperidine rings is 1. The lowest BCUT2D eigenvalue weighted by Gasteiger charge is -2.57. The number of halogens is 2. The summed E-state index contributed by atoms with van der Waals surface area (Å²) in [6.07, 6.45) is 3.07. The molecular weight excluding hydrogens is 580 g/mol. The number of hydrogen-bond acceptors (Lipinski definition) is 8. The third-order valence-corrected chi connectivity index (χ3v) is 10.8. The third-order valence-electron chi connectivity index (χ3n) is 9.69. The van der Waals surface area contributed by atoms with Gasteiger partial charge in [0.1, 0.15) is 6.17 Å². The van der Waals surface area contributed by atoms with Crippen LogP contribution in [0.15, 0.2) is 58.4 Å². The van der Waals surface area contributed by atoms with Gasteiger partial charge in [-0.15, -0.1) is 11.8 Å². The van der Waals surface area contributed by atoms with Gasteiger partial charge in [-0.05, 0) is 48.9 Å². The highest BCUT2D eigenvalue weighted by Crippen LogP contribution is 2.57. The van der Waals surface area contributed by atoms with Gasteiger partial charge < -0.3 is 19.1 Å². The van der Waals surface area contributed by atoms with Crippen LogP contribution in [0.3, 0.4) is 0 Å². The molecular formula is C31H27F2N3O6S. The van der Waals surface area contributed by atoms with Crippen LogP contribution in [0.5, 0.6) is 5.75 Å². The van der Waals surface area contributed by atoms with Gasteiger partial charge in [-0.2, -0.15) is 0 Å². The normalized spacial score (nSPS) is 28.3. The molecule has 5 atom stereocenters. The molecule has 6 heterocycles. The van der Waals surface area contributed by atoms with Crippen LogP contribution < -0.4 is 15.2 Å². The number of fused-ring (bicyclic) bond motifs is 6. The van der Waals surface area contributed by atoms with Gasteiger partial charge in [-0.1, -0.05) is 24.3 Å². The molecule has 2 bridgehead atoms. The van der Waals surface area contributed by atoms with Crippen molar-refractivity contribution in [2.24, 2.45) is 5.92 Å². The average molecular weight is 608 g/mol. The van der Waals surface area contributed by atoms with Gasteiger partial charge in [0.15, 0.2) is 17.3 Å². The molecule has 12 heteroatoms. The molecule has 1 amide bonds. The van der Waals surface area contributed by atoms with E-state index in [2.05, 4.69) is 4.74 Å². The molecule has 3 fully saturated rings. The van der Waals surface area contributed by atoms with Gasteiger partial charge in [-0.3, -0.25) is 19.3 Å². The Balaban J connectivity index is 1.43. The van der Waals surface area contributed by atoms with Gasteiger partial charge in [0.25, 0.3) is 5.91 Å². The van der Waals surface area contributed by atoms with Gasteiger partial charge in [0.2, 0.25) is 11.2 Å². The summed E-state index contributed by atoms with van der Waals surface area (Å²) in [5, 5.41) is 1.98. The number of carbonyl (C=O) groups is 2. The number of thioether (sulfide) groups is 1. The Kier molecular flexibility index (Phi) is 5.93. The molecule has 5 aliphatic rings. The predicted molar refractivity (Wildman–Crippen MR) is 151 cm³/mol. The van der Waals surface area contributed by atoms with E-state index in [0.717, 1.165) is 42.9 Å². The summed E-state index contributed by atoms with van der Waals surface area (Å²) >= 11 is 1.42. The summed E-state index contributed by atoms with van der Waals surface area (Å²) in [6.45, 7) is 0.345. The third kappa shape index (κ3) is 3.75. The van der Waals surface area contributed by atoms with Gasteiger partial charge in [-0.25, -0.2) is 13.6 Å². The Morgan fingerprint density at radius 3 is 2.74 bits per heavy atom. The zero-order valence-corrected chi connectivity index (χ0v) is 23.9. The highest BCUT2D eigenvalue weighted by atomic mass is 32.2. The van der Waals surface area contributed by atoms with Crippen LogP contribution in [0.1, 0.15) is 58.9 Å². The highest BCUT2D eigenvalue weighted by molar-refractivity contribution is 7.98. The maximum Gasteiger partial charge on any atom is 0.513 e. The number of hydrogen-bond donors (Lipinski definition) is 0. The molecule has 0 N–H and O–H groups in total. The quantitative estimate of drug-likeness (QED) is 0.387. The van der Waals surface area contributed by atoms with Crippen molar-refractivity contribution in [3.63, 3.8) is 0 Å². The zero-order valence-electron chi connectivity index (χ0n) is 23.1. The summed E-state index contributed by atoms with van der Waals surface area (Å²) in [4.78, 5) is 42.3. The van der Waals surface area contributed by atoms with Gasteiger partial charge in [0.05, 0.1) is 24.9 Å². The van der Waals surface area contributed by atoms with Crippen molar-refractivity contribution in [3.05, 3.63) is 92.9 Å². The molecule has 0 saturated carbocycles. The standard InChI is InChI=1S/C31H27F2N3O6S/c1-40-30(39)41-27-22(37)9-12-35-26(27)29(38)34-13-11-31-10-8-16(42-31)14-20(31)28(34)36(35)25-17-6-7-21(32)24(33)19(17)15-43-23-5-3-2-4-18(23)25/h2-7,9,12,16,20,25,28H,8,10-11,13-15H2,1H3/t16-,20+,25-,28+,31-/m0/s1. The fraction of sp³-hybridized carbons (Fsp3) is 0.387. The molecule has 5 aliphatic heterocycles. The van der Waals surface area contributed by atoms with Crippen molar-refractivity contribution in [2.75, 3.05) is 18.7 Å². The molecule has 9 nitrogen and oxygen atoms in total. The van der Waals surface area contributed by atoms with Crippen LogP contribution in [-0.2, 0) is 15.2 Å². The summed E-state index contributed by atoms with van der Waals surface area (Å²) in [7, 11) is 1.11. The van der Waals surface area contributed by atoms with Crippen LogP contribution in [0, 0.1) is 17.6 Å². The Morgan fingerprint density at radius 1 is 1.09 bits per heavy atom. The Bertz CT molecular complexity index is 1770. The number of benzene rings is 2. The minimum absolute atomic E-state index is 0.0753. The first-order valence-corrected chi connectivity index (χ1v) is 15.3. The first-order chi connectivity index (χ1) is 20.8. The molecule has 3 aromatic rings. The maximum absolute atomic E-state index is 15.5. The summed E-state index contributed by atoms with van der Waals surface area (Å²) < 4.78 is 48.3.